The third-order valence-electron chi connectivity index (χ3n) is 6.56. The van der Waals surface area contributed by atoms with Gasteiger partial charge in [-0.05, 0) is 53.1 Å². The van der Waals surface area contributed by atoms with Crippen molar-refractivity contribution >= 4 is 62.9 Å². The molecule has 0 spiro atoms. The molecule has 0 saturated carbocycles. The Morgan fingerprint density at radius 1 is 1.14 bits per heavy atom. The summed E-state index contributed by atoms with van der Waals surface area (Å²) in [6.45, 7) is 4.76. The fourth-order valence-electron chi connectivity index (χ4n) is 4.38. The number of hydrogen-bond donors (Lipinski definition) is 1. The average Bonchev–Trinajstić information content (AvgIpc) is 3.73. The highest BCUT2D eigenvalue weighted by Crippen LogP contribution is 2.46. The third-order valence-corrected chi connectivity index (χ3v) is 9.91. The molecule has 0 bridgehead atoms. The number of rotatable bonds is 12. The number of amides is 1. The monoisotopic (exact) mass is 641 g/mol. The van der Waals surface area contributed by atoms with Gasteiger partial charge in [-0.2, -0.15) is 0 Å². The number of Topliss-reactive ketones (excluding diaryl/α,β-unsaturated/α-hetero) is 1. The second kappa shape index (κ2) is 13.3. The van der Waals surface area contributed by atoms with Crippen LogP contribution in [0.5, 0.6) is 11.5 Å². The zero-order valence-electron chi connectivity index (χ0n) is 23.1. The van der Waals surface area contributed by atoms with E-state index in [-0.39, 0.29) is 10.7 Å². The van der Waals surface area contributed by atoms with Gasteiger partial charge < -0.3 is 14.6 Å². The van der Waals surface area contributed by atoms with E-state index in [1.807, 2.05) is 24.3 Å². The van der Waals surface area contributed by atoms with Gasteiger partial charge in [-0.1, -0.05) is 78.9 Å². The highest BCUT2D eigenvalue weighted by Gasteiger charge is 2.46. The summed E-state index contributed by atoms with van der Waals surface area (Å²) < 4.78 is 12.2. The Labute approximate surface area is 261 Å². The number of thioether (sulfide) groups is 1. The Kier molecular flexibility index (Phi) is 9.52. The zero-order chi connectivity index (χ0) is 29.8. The Morgan fingerprint density at radius 2 is 1.95 bits per heavy atom. The van der Waals surface area contributed by atoms with Gasteiger partial charge in [-0.15, -0.1) is 21.5 Å². The third kappa shape index (κ3) is 6.34. The number of aromatic nitrogens is 2. The fraction of sp³-hybridized carbons (Fsp3) is 0.267. The number of anilines is 1. The SMILES string of the molecule is COc1cc(C2C(C(=O)c3cccs3)=C(O)C(=O)N2c2nnc(SCc3ccccc3Cl)s2)ccc1OCCC(C)C. The van der Waals surface area contributed by atoms with Crippen molar-refractivity contribution in [3.8, 4) is 11.5 Å². The number of nitrogens with zero attached hydrogens (tertiary/aromatic N) is 3. The number of methoxy groups -OCH3 is 1. The summed E-state index contributed by atoms with van der Waals surface area (Å²) in [6.07, 6.45) is 0.875. The number of aliphatic hydroxyl groups is 1. The molecule has 0 saturated heterocycles. The molecule has 2 aromatic carbocycles. The molecule has 1 unspecified atom stereocenters. The van der Waals surface area contributed by atoms with Crippen molar-refractivity contribution in [1.29, 1.82) is 0 Å². The Bertz CT molecular complexity index is 1620. The van der Waals surface area contributed by atoms with E-state index < -0.39 is 23.5 Å². The zero-order valence-corrected chi connectivity index (χ0v) is 26.3. The van der Waals surface area contributed by atoms with Gasteiger partial charge in [0.15, 0.2) is 21.6 Å². The predicted molar refractivity (Wildman–Crippen MR) is 167 cm³/mol. The molecule has 1 aliphatic rings. The average molecular weight is 642 g/mol. The molecule has 5 rings (SSSR count). The summed E-state index contributed by atoms with van der Waals surface area (Å²) in [5.41, 5.74) is 1.47. The number of ether oxygens (including phenoxy) is 2. The number of thiophene rings is 1. The van der Waals surface area contributed by atoms with Crippen molar-refractivity contribution in [2.45, 2.75) is 36.4 Å². The van der Waals surface area contributed by atoms with Gasteiger partial charge in [0.25, 0.3) is 5.91 Å². The summed E-state index contributed by atoms with van der Waals surface area (Å²) in [5, 5.41) is 22.3. The van der Waals surface area contributed by atoms with Gasteiger partial charge in [0.1, 0.15) is 0 Å². The summed E-state index contributed by atoms with van der Waals surface area (Å²) >= 11 is 10.2. The quantitative estimate of drug-likeness (QED) is 0.0951. The molecule has 1 amide bonds. The smallest absolute Gasteiger partial charge is 0.296 e. The summed E-state index contributed by atoms with van der Waals surface area (Å²) in [7, 11) is 1.53. The molecule has 1 aliphatic heterocycles. The molecule has 4 aromatic rings. The molecule has 1 N–H and O–H groups in total. The summed E-state index contributed by atoms with van der Waals surface area (Å²) in [6, 6.07) is 15.2. The topological polar surface area (TPSA) is 102 Å². The van der Waals surface area contributed by atoms with E-state index >= 15 is 0 Å². The first kappa shape index (κ1) is 30.1. The van der Waals surface area contributed by atoms with Crippen LogP contribution in [-0.4, -0.2) is 40.7 Å². The maximum Gasteiger partial charge on any atom is 0.296 e. The van der Waals surface area contributed by atoms with E-state index in [9.17, 15) is 14.7 Å². The van der Waals surface area contributed by atoms with Crippen LogP contribution in [0.4, 0.5) is 5.13 Å². The van der Waals surface area contributed by atoms with Crippen LogP contribution in [0.25, 0.3) is 0 Å². The van der Waals surface area contributed by atoms with Gasteiger partial charge in [0.05, 0.1) is 30.2 Å². The van der Waals surface area contributed by atoms with Crippen LogP contribution in [0.3, 0.4) is 0 Å². The van der Waals surface area contributed by atoms with Crippen molar-refractivity contribution in [3.05, 3.63) is 92.3 Å². The molecule has 2 aromatic heterocycles. The van der Waals surface area contributed by atoms with E-state index in [2.05, 4.69) is 24.0 Å². The Morgan fingerprint density at radius 3 is 2.67 bits per heavy atom. The molecule has 3 heterocycles. The minimum absolute atomic E-state index is 0.0292. The molecule has 1 atom stereocenters. The predicted octanol–water partition coefficient (Wildman–Crippen LogP) is 7.76. The van der Waals surface area contributed by atoms with Gasteiger partial charge in [0.2, 0.25) is 10.9 Å². The van der Waals surface area contributed by atoms with Crippen LogP contribution < -0.4 is 14.4 Å². The van der Waals surface area contributed by atoms with E-state index in [1.54, 1.807) is 35.7 Å². The Hall–Kier alpha value is -3.38. The van der Waals surface area contributed by atoms with Crippen LogP contribution in [0.2, 0.25) is 5.02 Å². The molecule has 0 radical (unpaired) electrons. The van der Waals surface area contributed by atoms with Crippen molar-refractivity contribution in [2.75, 3.05) is 18.6 Å². The lowest BCUT2D eigenvalue weighted by atomic mass is 9.95. The van der Waals surface area contributed by atoms with Crippen molar-refractivity contribution in [2.24, 2.45) is 5.92 Å². The van der Waals surface area contributed by atoms with Crippen LogP contribution in [0.15, 0.2) is 75.6 Å². The van der Waals surface area contributed by atoms with Crippen LogP contribution in [0.1, 0.15) is 47.1 Å². The van der Waals surface area contributed by atoms with Gasteiger partial charge >= 0.3 is 0 Å². The number of halogens is 1. The maximum absolute atomic E-state index is 13.7. The molecule has 0 fully saturated rings. The van der Waals surface area contributed by atoms with Gasteiger partial charge in [0, 0.05) is 10.8 Å². The lowest BCUT2D eigenvalue weighted by molar-refractivity contribution is -0.117. The lowest BCUT2D eigenvalue weighted by Crippen LogP contribution is -2.31. The first-order valence-electron chi connectivity index (χ1n) is 13.1. The van der Waals surface area contributed by atoms with Crippen LogP contribution in [0, 0.1) is 5.92 Å². The minimum atomic E-state index is -0.958. The van der Waals surface area contributed by atoms with Crippen LogP contribution >= 0.6 is 46.0 Å². The first-order valence-corrected chi connectivity index (χ1v) is 16.2. The lowest BCUT2D eigenvalue weighted by Gasteiger charge is -2.24. The number of aliphatic hydroxyl groups excluding tert-OH is 1. The maximum atomic E-state index is 13.7. The largest absolute Gasteiger partial charge is 0.503 e. The molecule has 218 valence electrons. The fourth-order valence-corrected chi connectivity index (χ4v) is 7.21. The van der Waals surface area contributed by atoms with Crippen molar-refractivity contribution < 1.29 is 24.2 Å². The number of carbonyl (C=O) groups is 2. The Balaban J connectivity index is 1.50. The molecular formula is C30H28ClN3O5S3. The standard InChI is InChI=1S/C30H28ClN3O5S3/c1-17(2)12-13-39-21-11-10-18(15-22(21)38-3)25-24(26(35)23-9-6-14-40-23)27(36)28(37)34(25)29-32-33-30(42-29)41-16-19-7-4-5-8-20(19)31/h4-11,14-15,17,25,36H,12-13,16H2,1-3H3. The van der Waals surface area contributed by atoms with Crippen molar-refractivity contribution in [3.63, 3.8) is 0 Å². The normalized spacial score (nSPS) is 15.1. The summed E-state index contributed by atoms with van der Waals surface area (Å²) in [5.74, 6) is 0.263. The first-order chi connectivity index (χ1) is 20.3. The van der Waals surface area contributed by atoms with E-state index in [0.717, 1.165) is 12.0 Å². The highest BCUT2D eigenvalue weighted by molar-refractivity contribution is 8.00. The van der Waals surface area contributed by atoms with Gasteiger partial charge in [-0.3, -0.25) is 14.5 Å². The van der Waals surface area contributed by atoms with E-state index in [4.69, 9.17) is 21.1 Å². The van der Waals surface area contributed by atoms with Crippen LogP contribution in [-0.2, 0) is 10.5 Å². The molecule has 42 heavy (non-hydrogen) atoms. The second-order valence-electron chi connectivity index (χ2n) is 9.82. The highest BCUT2D eigenvalue weighted by atomic mass is 35.5. The van der Waals surface area contributed by atoms with E-state index in [0.29, 0.717) is 49.6 Å². The minimum Gasteiger partial charge on any atom is -0.503 e. The molecular weight excluding hydrogens is 614 g/mol. The van der Waals surface area contributed by atoms with E-state index in [1.165, 1.54) is 46.4 Å². The number of benzene rings is 2. The molecule has 12 heteroatoms. The van der Waals surface area contributed by atoms with Crippen molar-refractivity contribution in [1.82, 2.24) is 10.2 Å². The number of carbonyl (C=O) groups excluding carboxylic acids is 2. The molecule has 8 nitrogen and oxygen atoms in total. The molecule has 0 aliphatic carbocycles. The van der Waals surface area contributed by atoms with Gasteiger partial charge in [-0.25, -0.2) is 0 Å². The number of ketones is 1. The second-order valence-corrected chi connectivity index (χ2v) is 13.4. The number of hydrogen-bond acceptors (Lipinski definition) is 10. The summed E-state index contributed by atoms with van der Waals surface area (Å²) in [4.78, 5) is 28.9.